The van der Waals surface area contributed by atoms with Crippen molar-refractivity contribution in [2.45, 2.75) is 196 Å². The van der Waals surface area contributed by atoms with Gasteiger partial charge in [0.25, 0.3) is 0 Å². The van der Waals surface area contributed by atoms with Crippen molar-refractivity contribution >= 4 is 17.0 Å². The predicted octanol–water partition coefficient (Wildman–Crippen LogP) is 12.2. The Hall–Kier alpha value is -7.20. The zero-order valence-corrected chi connectivity index (χ0v) is 57.5. The van der Waals surface area contributed by atoms with Crippen LogP contribution in [0, 0.1) is 23.2 Å². The van der Waals surface area contributed by atoms with Gasteiger partial charge < -0.3 is 65.2 Å². The molecule has 0 radical (unpaired) electrons. The Morgan fingerprint density at radius 2 is 1.56 bits per heavy atom. The maximum absolute atomic E-state index is 12.6. The number of benzene rings is 6. The molecule has 0 saturated heterocycles. The number of fused-ring (bicyclic) bond motifs is 12. The summed E-state index contributed by atoms with van der Waals surface area (Å²) in [5.41, 5.74) is 12.9. The minimum atomic E-state index is -1.36. The summed E-state index contributed by atoms with van der Waals surface area (Å²) >= 11 is 0. The molecule has 9 unspecified atom stereocenters. The smallest absolute Gasteiger partial charge is 0.162 e. The van der Waals surface area contributed by atoms with Crippen LogP contribution in [0.25, 0.3) is 28.1 Å². The van der Waals surface area contributed by atoms with Crippen molar-refractivity contribution in [1.29, 1.82) is 0 Å². The summed E-state index contributed by atoms with van der Waals surface area (Å²) in [5.74, 6) is 9.01. The highest BCUT2D eigenvalue weighted by Gasteiger charge is 2.56. The lowest BCUT2D eigenvalue weighted by Crippen LogP contribution is -2.62. The van der Waals surface area contributed by atoms with Gasteiger partial charge in [-0.3, -0.25) is 10.6 Å². The van der Waals surface area contributed by atoms with Crippen LogP contribution in [0.4, 0.5) is 0 Å². The number of hydrogen-bond acceptors (Lipinski definition) is 14. The summed E-state index contributed by atoms with van der Waals surface area (Å²) in [4.78, 5) is 3.44. The second kappa shape index (κ2) is 29.6. The van der Waals surface area contributed by atoms with Crippen LogP contribution in [-0.2, 0) is 49.7 Å². The molecule has 3 aliphatic heterocycles. The third kappa shape index (κ3) is 14.0. The molecule has 2 bridgehead atoms. The number of phenolic OH excluding ortho intramolecular Hbond substituents is 2. The van der Waals surface area contributed by atoms with Gasteiger partial charge in [0.2, 0.25) is 0 Å². The molecule has 14 rings (SSSR count). The van der Waals surface area contributed by atoms with Crippen LogP contribution >= 0.6 is 0 Å². The zero-order valence-electron chi connectivity index (χ0n) is 57.5. The largest absolute Gasteiger partial charge is 0.507 e. The summed E-state index contributed by atoms with van der Waals surface area (Å²) in [6, 6.07) is 35.0. The standard InChI is InChI=1S/C83H101N5O10/c1-52(2)43-81(3,94)49-85-50-87-73-21-11-20-62(47-90)96-72-41-59(39-58(77(72)93)23-22-54-17-7-8-18-55(54)31-37-89)80-83(73,95-51-88-61-19-12-34-82(44-61)32-9-10-33-82)45-69-66-42-68-74(57-24-28-70-56(38-57)30-36-86-70)60(46-84-35-13-16-53-14-5-4-6-15-53)40-67-71(92)29-27-64(75(67)68)76(66)79-65(78(69)98-80)26-25-63(48-91)97-79/h4-8,14-15,17-18,24,27-30,36,38-41,52,61-63,68,73-74,80,84-94H,9-10,12-13,16,19-20,22-23,25-26,31-35,37,42-51H2,1-3H3. The van der Waals surface area contributed by atoms with Crippen LogP contribution in [0.1, 0.15) is 177 Å². The Kier molecular flexibility index (Phi) is 20.5. The van der Waals surface area contributed by atoms with E-state index in [4.69, 9.17) is 18.9 Å². The third-order valence-electron chi connectivity index (χ3n) is 22.7. The first-order chi connectivity index (χ1) is 47.7. The molecule has 2 fully saturated rings. The number of nitrogens with one attached hydrogen (secondary N) is 5. The number of aromatic amines is 1. The summed E-state index contributed by atoms with van der Waals surface area (Å²) in [6.07, 6.45) is 17.7. The molecule has 4 heterocycles. The monoisotopic (exact) mass is 1330 g/mol. The van der Waals surface area contributed by atoms with E-state index in [-0.39, 0.29) is 80.7 Å². The van der Waals surface area contributed by atoms with E-state index >= 15 is 0 Å². The first-order valence-electron chi connectivity index (χ1n) is 36.6. The number of aliphatic hydroxyl groups excluding tert-OH is 3. The molecule has 9 atom stereocenters. The summed E-state index contributed by atoms with van der Waals surface area (Å²) in [6.45, 7) is 7.76. The molecule has 4 aliphatic carbocycles. The van der Waals surface area contributed by atoms with Crippen molar-refractivity contribution in [1.82, 2.24) is 26.3 Å². The first-order valence-corrected chi connectivity index (χ1v) is 36.6. The van der Waals surface area contributed by atoms with E-state index in [2.05, 4.69) is 125 Å². The van der Waals surface area contributed by atoms with Crippen molar-refractivity contribution in [3.63, 3.8) is 0 Å². The fraction of sp³-hybridized carbons (Fsp3) is 0.494. The Morgan fingerprint density at radius 1 is 0.765 bits per heavy atom. The predicted molar refractivity (Wildman–Crippen MR) is 385 cm³/mol. The van der Waals surface area contributed by atoms with Crippen molar-refractivity contribution in [3.05, 3.63) is 176 Å². The molecule has 1 aromatic heterocycles. The summed E-state index contributed by atoms with van der Waals surface area (Å²) in [5, 5.41) is 85.6. The number of aromatic nitrogens is 1. The van der Waals surface area contributed by atoms with Crippen LogP contribution in [0.15, 0.2) is 115 Å². The SMILES string of the molecule is CC(C)CC(C)(O)CNCNC1C#CCC(CO)Oc2cc(cc(CCc3ccccc3CCO)c2O)C2Oc3c(c4c(c5c3CCC(CO)O5)-c3ccc(O)c5c3C(C4)C(c3ccc4[nH]ccc4c3)C(CNCCCc3ccccc3)=C5)CC12OCNC1CCCC2(CCCC2)C1. The van der Waals surface area contributed by atoms with E-state index in [1.54, 1.807) is 0 Å². The third-order valence-corrected chi connectivity index (χ3v) is 22.7. The fourth-order valence-electron chi connectivity index (χ4n) is 18.3. The molecule has 6 aromatic carbocycles. The number of ether oxygens (including phenoxy) is 4. The Morgan fingerprint density at radius 3 is 2.37 bits per heavy atom. The van der Waals surface area contributed by atoms with Crippen LogP contribution in [0.5, 0.6) is 28.7 Å². The second-order valence-electron chi connectivity index (χ2n) is 30.2. The normalized spacial score (nSPS) is 24.1. The number of aromatic hydroxyl groups is 2. The van der Waals surface area contributed by atoms with Crippen LogP contribution in [0.2, 0.25) is 0 Å². The number of rotatable bonds is 25. The Bertz CT molecular complexity index is 4070. The fourth-order valence-corrected chi connectivity index (χ4v) is 18.3. The van der Waals surface area contributed by atoms with Crippen molar-refractivity contribution in [2.24, 2.45) is 11.3 Å². The highest BCUT2D eigenvalue weighted by atomic mass is 16.6. The van der Waals surface area contributed by atoms with Gasteiger partial charge in [0, 0.05) is 85.1 Å². The molecule has 15 heteroatoms. The van der Waals surface area contributed by atoms with Gasteiger partial charge in [0.15, 0.2) is 17.6 Å². The lowest BCUT2D eigenvalue weighted by Gasteiger charge is -2.50. The first kappa shape index (κ1) is 68.0. The zero-order chi connectivity index (χ0) is 67.5. The Labute approximate surface area is 578 Å². The van der Waals surface area contributed by atoms with Gasteiger partial charge in [-0.05, 0) is 224 Å². The Balaban J connectivity index is 0.953. The van der Waals surface area contributed by atoms with Gasteiger partial charge in [0.05, 0.1) is 25.5 Å². The van der Waals surface area contributed by atoms with Crippen LogP contribution in [-0.4, -0.2) is 124 Å². The number of phenols is 2. The summed E-state index contributed by atoms with van der Waals surface area (Å²) < 4.78 is 30.1. The maximum Gasteiger partial charge on any atom is 0.162 e. The lowest BCUT2D eigenvalue weighted by atomic mass is 9.62. The molecule has 7 aliphatic rings. The number of H-pyrrole nitrogens is 1. The average Bonchev–Trinajstić information content (AvgIpc) is 0.712. The molecule has 98 heavy (non-hydrogen) atoms. The maximum atomic E-state index is 12.6. The van der Waals surface area contributed by atoms with Gasteiger partial charge in [-0.15, -0.1) is 0 Å². The molecule has 15 nitrogen and oxygen atoms in total. The molecular weight excluding hydrogens is 1230 g/mol. The van der Waals surface area contributed by atoms with Crippen molar-refractivity contribution in [2.75, 3.05) is 52.9 Å². The molecule has 0 amide bonds. The number of aliphatic hydroxyl groups is 4. The quantitative estimate of drug-likeness (QED) is 0.0146. The molecule has 7 aromatic rings. The van der Waals surface area contributed by atoms with Crippen LogP contribution in [0.3, 0.4) is 0 Å². The molecule has 1 spiro atoms. The highest BCUT2D eigenvalue weighted by molar-refractivity contribution is 5.90. The van der Waals surface area contributed by atoms with E-state index in [1.807, 2.05) is 49.5 Å². The van der Waals surface area contributed by atoms with Gasteiger partial charge in [0.1, 0.15) is 41.1 Å². The van der Waals surface area contributed by atoms with Crippen LogP contribution < -0.4 is 35.5 Å². The highest BCUT2D eigenvalue weighted by Crippen LogP contribution is 2.62. The van der Waals surface area contributed by atoms with Gasteiger partial charge in [-0.25, -0.2) is 0 Å². The molecule has 518 valence electrons. The molecular formula is C83H101N5O10. The summed E-state index contributed by atoms with van der Waals surface area (Å²) in [7, 11) is 0. The minimum Gasteiger partial charge on any atom is -0.507 e. The van der Waals surface area contributed by atoms with E-state index < -0.39 is 35.6 Å². The molecule has 11 N–H and O–H groups in total. The van der Waals surface area contributed by atoms with E-state index in [9.17, 15) is 30.6 Å². The topological polar surface area (TPSA) is 222 Å². The van der Waals surface area contributed by atoms with Crippen molar-refractivity contribution < 1.29 is 49.6 Å². The van der Waals surface area contributed by atoms with Gasteiger partial charge >= 0.3 is 0 Å². The minimum absolute atomic E-state index is 0.00815. The van der Waals surface area contributed by atoms with Gasteiger partial charge in [-0.1, -0.05) is 112 Å². The number of hydrogen-bond donors (Lipinski definition) is 11. The van der Waals surface area contributed by atoms with E-state index in [1.165, 1.54) is 48.8 Å². The van der Waals surface area contributed by atoms with E-state index in [0.717, 1.165) is 99.6 Å². The van der Waals surface area contributed by atoms with E-state index in [0.29, 0.717) is 92.5 Å². The van der Waals surface area contributed by atoms with Gasteiger partial charge in [-0.2, -0.15) is 0 Å². The molecule has 2 saturated carbocycles. The second-order valence-corrected chi connectivity index (χ2v) is 30.2. The van der Waals surface area contributed by atoms with Crippen molar-refractivity contribution in [3.8, 4) is 51.7 Å². The number of aryl methyl sites for hydroxylation is 3. The lowest BCUT2D eigenvalue weighted by molar-refractivity contribution is -0.144. The average molecular weight is 1330 g/mol.